The van der Waals surface area contributed by atoms with Gasteiger partial charge >= 0.3 is 14.8 Å². The number of hydrogen-bond acceptors (Lipinski definition) is 7. The van der Waals surface area contributed by atoms with Gasteiger partial charge in [-0.2, -0.15) is 0 Å². The maximum absolute atomic E-state index is 12.1. The highest BCUT2D eigenvalue weighted by molar-refractivity contribution is 6.90. The van der Waals surface area contributed by atoms with Gasteiger partial charge < -0.3 is 26.6 Å². The molecule has 0 aliphatic rings. The number of carbonyl (C=O) groups excluding carboxylic acids is 1. The summed E-state index contributed by atoms with van der Waals surface area (Å²) in [5.41, 5.74) is 0.296. The highest BCUT2D eigenvalue weighted by Crippen LogP contribution is 2.29. The van der Waals surface area contributed by atoms with Crippen molar-refractivity contribution in [3.05, 3.63) is 12.2 Å². The number of hydrogen-bond donors (Lipinski definition) is 0. The predicted octanol–water partition coefficient (Wildman–Crippen LogP) is 4.63. The van der Waals surface area contributed by atoms with Crippen molar-refractivity contribution in [2.75, 3.05) is 33.5 Å². The van der Waals surface area contributed by atoms with Crippen LogP contribution in [0.2, 0.25) is 65.0 Å². The summed E-state index contributed by atoms with van der Waals surface area (Å²) in [6, 6.07) is 0.635. The summed E-state index contributed by atoms with van der Waals surface area (Å²) in [5.74, 6) is -0.442. The summed E-state index contributed by atoms with van der Waals surface area (Å²) in [5, 5.41) is 0. The zero-order valence-corrected chi connectivity index (χ0v) is 24.8. The fraction of sp³-hybridized carbons (Fsp3) is 0.842. The third kappa shape index (κ3) is 15.6. The number of esters is 1. The second-order valence-electron chi connectivity index (χ2n) is 10.2. The molecular weight excluding hydrogens is 453 g/mol. The van der Waals surface area contributed by atoms with Crippen LogP contribution in [-0.4, -0.2) is 73.3 Å². The minimum atomic E-state index is -2.90. The molecule has 0 bridgehead atoms. The standard InChI is InChI=1S/C19H44O7Si4/c1-18(17-22-15-14-21-2)19(20)23-13-12-16-30(24-27(3,4)5,25-28(6,7)8)26-29(9,10)11/h1,12-17H2,2-11H3. The van der Waals surface area contributed by atoms with E-state index in [1.807, 2.05) is 0 Å². The number of carbonyl (C=O) groups is 1. The van der Waals surface area contributed by atoms with Crippen LogP contribution >= 0.6 is 0 Å². The maximum Gasteiger partial charge on any atom is 0.469 e. The highest BCUT2D eigenvalue weighted by Gasteiger charge is 2.49. The molecule has 30 heavy (non-hydrogen) atoms. The van der Waals surface area contributed by atoms with Gasteiger partial charge in [-0.15, -0.1) is 0 Å². The molecule has 0 amide bonds. The second kappa shape index (κ2) is 12.8. The summed E-state index contributed by atoms with van der Waals surface area (Å²) < 4.78 is 35.5. The van der Waals surface area contributed by atoms with Crippen LogP contribution in [0.1, 0.15) is 6.42 Å². The van der Waals surface area contributed by atoms with E-state index in [1.54, 1.807) is 7.11 Å². The molecule has 0 saturated carbocycles. The van der Waals surface area contributed by atoms with E-state index in [4.69, 9.17) is 26.6 Å². The molecule has 7 nitrogen and oxygen atoms in total. The Hall–Kier alpha value is -0.122. The first-order valence-electron chi connectivity index (χ1n) is 10.5. The lowest BCUT2D eigenvalue weighted by Crippen LogP contribution is -2.60. The minimum Gasteiger partial charge on any atom is -0.462 e. The van der Waals surface area contributed by atoms with Crippen LogP contribution in [0.5, 0.6) is 0 Å². The number of ether oxygens (including phenoxy) is 3. The molecule has 178 valence electrons. The summed E-state index contributed by atoms with van der Waals surface area (Å²) in [4.78, 5) is 12.1. The molecule has 0 aliphatic carbocycles. The van der Waals surface area contributed by atoms with E-state index in [0.717, 1.165) is 0 Å². The molecular formula is C19H44O7Si4. The van der Waals surface area contributed by atoms with Crippen LogP contribution in [0.25, 0.3) is 0 Å². The van der Waals surface area contributed by atoms with Gasteiger partial charge in [-0.05, 0) is 65.3 Å². The Kier molecular flexibility index (Phi) is 12.7. The van der Waals surface area contributed by atoms with Crippen molar-refractivity contribution in [1.82, 2.24) is 0 Å². The lowest BCUT2D eigenvalue weighted by atomic mass is 10.3. The summed E-state index contributed by atoms with van der Waals surface area (Å²) in [6.45, 7) is 24.4. The molecule has 0 N–H and O–H groups in total. The Bertz CT molecular complexity index is 496. The first-order chi connectivity index (χ1) is 13.5. The van der Waals surface area contributed by atoms with Gasteiger partial charge in [0.2, 0.25) is 0 Å². The van der Waals surface area contributed by atoms with Gasteiger partial charge in [0.15, 0.2) is 25.0 Å². The second-order valence-corrected chi connectivity index (χ2v) is 27.2. The molecule has 0 aromatic heterocycles. The van der Waals surface area contributed by atoms with E-state index in [2.05, 4.69) is 65.5 Å². The Morgan fingerprint density at radius 1 is 0.767 bits per heavy atom. The van der Waals surface area contributed by atoms with E-state index in [1.165, 1.54) is 0 Å². The van der Waals surface area contributed by atoms with Crippen molar-refractivity contribution >= 4 is 39.7 Å². The van der Waals surface area contributed by atoms with Crippen LogP contribution in [0.3, 0.4) is 0 Å². The van der Waals surface area contributed by atoms with Gasteiger partial charge in [-0.1, -0.05) is 6.58 Å². The molecule has 0 aromatic rings. The number of rotatable bonds is 16. The third-order valence-corrected chi connectivity index (χ3v) is 15.3. The Labute approximate surface area is 188 Å². The average molecular weight is 497 g/mol. The normalized spacial score (nSPS) is 13.4. The predicted molar refractivity (Wildman–Crippen MR) is 131 cm³/mol. The van der Waals surface area contributed by atoms with Gasteiger partial charge in [0.05, 0.1) is 32.0 Å². The fourth-order valence-corrected chi connectivity index (χ4v) is 17.2. The van der Waals surface area contributed by atoms with Gasteiger partial charge in [0, 0.05) is 13.2 Å². The monoisotopic (exact) mass is 496 g/mol. The van der Waals surface area contributed by atoms with Crippen LogP contribution in [0, 0.1) is 0 Å². The Balaban J connectivity index is 4.99. The summed E-state index contributed by atoms with van der Waals surface area (Å²) >= 11 is 0. The van der Waals surface area contributed by atoms with Crippen LogP contribution in [0.4, 0.5) is 0 Å². The van der Waals surface area contributed by atoms with Gasteiger partial charge in [-0.3, -0.25) is 0 Å². The molecule has 0 heterocycles. The van der Waals surface area contributed by atoms with Gasteiger partial charge in [-0.25, -0.2) is 4.79 Å². The smallest absolute Gasteiger partial charge is 0.462 e. The Morgan fingerprint density at radius 2 is 1.23 bits per heavy atom. The number of methoxy groups -OCH3 is 1. The lowest BCUT2D eigenvalue weighted by Gasteiger charge is -2.42. The van der Waals surface area contributed by atoms with Gasteiger partial charge in [0.25, 0.3) is 0 Å². The molecule has 0 aromatic carbocycles. The summed E-state index contributed by atoms with van der Waals surface area (Å²) in [6.07, 6.45) is 0.620. The van der Waals surface area contributed by atoms with Crippen LogP contribution in [0.15, 0.2) is 12.2 Å². The lowest BCUT2D eigenvalue weighted by molar-refractivity contribution is -0.139. The molecule has 0 spiro atoms. The van der Waals surface area contributed by atoms with E-state index < -0.39 is 39.7 Å². The topological polar surface area (TPSA) is 72.5 Å². The molecule has 0 rings (SSSR count). The molecule has 0 fully saturated rings. The molecule has 0 saturated heterocycles. The van der Waals surface area contributed by atoms with E-state index in [9.17, 15) is 4.79 Å². The zero-order chi connectivity index (χ0) is 23.6. The molecule has 0 aliphatic heterocycles. The van der Waals surface area contributed by atoms with Crippen molar-refractivity contribution in [3.8, 4) is 0 Å². The average Bonchev–Trinajstić information content (AvgIpc) is 2.50. The van der Waals surface area contributed by atoms with Crippen molar-refractivity contribution in [2.24, 2.45) is 0 Å². The first kappa shape index (κ1) is 29.9. The van der Waals surface area contributed by atoms with Crippen LogP contribution in [-0.2, 0) is 31.4 Å². The summed E-state index contributed by atoms with van der Waals surface area (Å²) in [7, 11) is -7.02. The first-order valence-corrected chi connectivity index (χ1v) is 22.7. The van der Waals surface area contributed by atoms with E-state index in [0.29, 0.717) is 31.3 Å². The molecule has 0 atom stereocenters. The molecule has 0 unspecified atom stereocenters. The largest absolute Gasteiger partial charge is 0.469 e. The quantitative estimate of drug-likeness (QED) is 0.133. The maximum atomic E-state index is 12.1. The SMILES string of the molecule is C=C(COCCOC)C(=O)OCCC[Si](O[Si](C)(C)C)(O[Si](C)(C)C)O[Si](C)(C)C. The molecule has 11 heteroatoms. The van der Waals surface area contributed by atoms with Crippen molar-refractivity contribution in [3.63, 3.8) is 0 Å². The third-order valence-electron chi connectivity index (χ3n) is 3.24. The van der Waals surface area contributed by atoms with E-state index in [-0.39, 0.29) is 13.2 Å². The molecule has 0 radical (unpaired) electrons. The zero-order valence-electron chi connectivity index (χ0n) is 20.8. The van der Waals surface area contributed by atoms with Crippen molar-refractivity contribution in [2.45, 2.75) is 71.4 Å². The minimum absolute atomic E-state index is 0.136. The Morgan fingerprint density at radius 3 is 1.63 bits per heavy atom. The fourth-order valence-electron chi connectivity index (χ4n) is 2.57. The highest BCUT2D eigenvalue weighted by atomic mass is 28.5. The van der Waals surface area contributed by atoms with Crippen molar-refractivity contribution in [1.29, 1.82) is 0 Å². The van der Waals surface area contributed by atoms with E-state index >= 15 is 0 Å². The van der Waals surface area contributed by atoms with Crippen molar-refractivity contribution < 1.29 is 31.4 Å². The van der Waals surface area contributed by atoms with Crippen LogP contribution < -0.4 is 0 Å². The van der Waals surface area contributed by atoms with Gasteiger partial charge in [0.1, 0.15) is 0 Å².